The van der Waals surface area contributed by atoms with Gasteiger partial charge in [-0.1, -0.05) is 43.3 Å². The Kier molecular flexibility index (Phi) is 4.20. The molecule has 0 radical (unpaired) electrons. The third-order valence-corrected chi connectivity index (χ3v) is 5.52. The Bertz CT molecular complexity index is 1100. The Morgan fingerprint density at radius 3 is 2.86 bits per heavy atom. The van der Waals surface area contributed by atoms with Gasteiger partial charge in [0.05, 0.1) is 12.6 Å². The van der Waals surface area contributed by atoms with Crippen LogP contribution in [0, 0.1) is 5.92 Å². The van der Waals surface area contributed by atoms with Gasteiger partial charge in [0.1, 0.15) is 5.69 Å². The number of rotatable bonds is 4. The second kappa shape index (κ2) is 6.87. The zero-order valence-corrected chi connectivity index (χ0v) is 16.1. The summed E-state index contributed by atoms with van der Waals surface area (Å²) >= 11 is 0. The highest BCUT2D eigenvalue weighted by atomic mass is 16.5. The van der Waals surface area contributed by atoms with Gasteiger partial charge in [-0.3, -0.25) is 9.88 Å². The minimum absolute atomic E-state index is 0.293. The smallest absolute Gasteiger partial charge is 0.241 e. The van der Waals surface area contributed by atoms with Crippen LogP contribution in [0.15, 0.2) is 53.2 Å². The number of fused-ring (bicyclic) bond motifs is 3. The van der Waals surface area contributed by atoms with Crippen molar-refractivity contribution in [2.24, 2.45) is 5.92 Å². The molecule has 0 saturated heterocycles. The summed E-state index contributed by atoms with van der Waals surface area (Å²) in [6, 6.07) is 14.6. The molecule has 1 atom stereocenters. The van der Waals surface area contributed by atoms with Crippen LogP contribution in [0.4, 0.5) is 0 Å². The fraction of sp³-hybridized carbons (Fsp3) is 0.318. The number of para-hydroxylation sites is 1. The first-order valence-corrected chi connectivity index (χ1v) is 9.78. The van der Waals surface area contributed by atoms with Crippen LogP contribution in [0.25, 0.3) is 22.4 Å². The number of aromatic amines is 1. The minimum Gasteiger partial charge on any atom is -0.357 e. The van der Waals surface area contributed by atoms with Gasteiger partial charge < -0.3 is 9.51 Å². The van der Waals surface area contributed by atoms with E-state index in [0.29, 0.717) is 30.2 Å². The third-order valence-electron chi connectivity index (χ3n) is 5.52. The first-order chi connectivity index (χ1) is 13.7. The summed E-state index contributed by atoms with van der Waals surface area (Å²) in [5, 5.41) is 5.46. The van der Waals surface area contributed by atoms with Crippen LogP contribution in [0.5, 0.6) is 0 Å². The summed E-state index contributed by atoms with van der Waals surface area (Å²) in [4.78, 5) is 15.0. The molecule has 4 aromatic rings. The summed E-state index contributed by atoms with van der Waals surface area (Å²) in [5.74, 6) is 1.64. The van der Waals surface area contributed by atoms with E-state index in [1.54, 1.807) is 6.20 Å². The molecule has 6 heteroatoms. The molecule has 0 unspecified atom stereocenters. The van der Waals surface area contributed by atoms with Gasteiger partial charge in [-0.2, -0.15) is 4.98 Å². The zero-order chi connectivity index (χ0) is 19.1. The van der Waals surface area contributed by atoms with Gasteiger partial charge in [0.2, 0.25) is 11.7 Å². The van der Waals surface area contributed by atoms with Crippen LogP contribution < -0.4 is 0 Å². The van der Waals surface area contributed by atoms with Crippen LogP contribution in [-0.2, 0) is 13.0 Å². The average molecular weight is 373 g/mol. The van der Waals surface area contributed by atoms with E-state index in [-0.39, 0.29) is 0 Å². The Morgan fingerprint density at radius 1 is 1.18 bits per heavy atom. The molecule has 0 amide bonds. The Balaban J connectivity index is 1.45. The molecule has 3 aromatic heterocycles. The first-order valence-electron chi connectivity index (χ1n) is 9.78. The fourth-order valence-corrected chi connectivity index (χ4v) is 4.34. The number of pyridine rings is 1. The van der Waals surface area contributed by atoms with Gasteiger partial charge in [0, 0.05) is 29.3 Å². The van der Waals surface area contributed by atoms with Crippen LogP contribution >= 0.6 is 0 Å². The number of benzene rings is 1. The van der Waals surface area contributed by atoms with E-state index < -0.39 is 0 Å². The van der Waals surface area contributed by atoms with Crippen molar-refractivity contribution in [3.63, 3.8) is 0 Å². The molecule has 1 N–H and O–H groups in total. The van der Waals surface area contributed by atoms with Crippen molar-refractivity contribution >= 4 is 10.9 Å². The predicted molar refractivity (Wildman–Crippen MR) is 108 cm³/mol. The average Bonchev–Trinajstić information content (AvgIpc) is 3.32. The molecule has 0 aliphatic carbocycles. The summed E-state index contributed by atoms with van der Waals surface area (Å²) in [6.45, 7) is 6.15. The van der Waals surface area contributed by atoms with Gasteiger partial charge >= 0.3 is 0 Å². The molecule has 5 rings (SSSR count). The number of H-pyrrole nitrogens is 1. The van der Waals surface area contributed by atoms with Gasteiger partial charge in [-0.25, -0.2) is 0 Å². The lowest BCUT2D eigenvalue weighted by Crippen LogP contribution is -2.37. The van der Waals surface area contributed by atoms with Gasteiger partial charge in [0.15, 0.2) is 0 Å². The SMILES string of the molecule is CC(C)[C@@H]1c2[nH]c3ccccc3c2CCN1Cc1nc(-c2ccccn2)no1. The molecular weight excluding hydrogens is 350 g/mol. The Morgan fingerprint density at radius 2 is 2.04 bits per heavy atom. The third kappa shape index (κ3) is 2.90. The number of nitrogens with zero attached hydrogens (tertiary/aromatic N) is 4. The van der Waals surface area contributed by atoms with Gasteiger partial charge in [0.25, 0.3) is 0 Å². The van der Waals surface area contributed by atoms with Crippen LogP contribution in [0.2, 0.25) is 0 Å². The molecule has 1 aromatic carbocycles. The lowest BCUT2D eigenvalue weighted by molar-refractivity contribution is 0.117. The molecule has 0 saturated carbocycles. The van der Waals surface area contributed by atoms with E-state index in [1.807, 2.05) is 18.2 Å². The van der Waals surface area contributed by atoms with E-state index >= 15 is 0 Å². The van der Waals surface area contributed by atoms with Crippen LogP contribution in [-0.4, -0.2) is 31.6 Å². The molecular formula is C22H23N5O. The molecule has 6 nitrogen and oxygen atoms in total. The number of aromatic nitrogens is 4. The predicted octanol–water partition coefficient (Wildman–Crippen LogP) is 4.37. The summed E-state index contributed by atoms with van der Waals surface area (Å²) in [7, 11) is 0. The minimum atomic E-state index is 0.293. The van der Waals surface area contributed by atoms with Gasteiger partial charge in [-0.05, 0) is 36.1 Å². The molecule has 0 bridgehead atoms. The van der Waals surface area contributed by atoms with Gasteiger partial charge in [-0.15, -0.1) is 0 Å². The van der Waals surface area contributed by atoms with Crippen LogP contribution in [0.1, 0.15) is 37.0 Å². The Hall–Kier alpha value is -2.99. The van der Waals surface area contributed by atoms with Crippen molar-refractivity contribution in [1.29, 1.82) is 0 Å². The zero-order valence-electron chi connectivity index (χ0n) is 16.1. The molecule has 28 heavy (non-hydrogen) atoms. The highest BCUT2D eigenvalue weighted by Crippen LogP contribution is 2.39. The molecule has 1 aliphatic heterocycles. The van der Waals surface area contributed by atoms with Crippen LogP contribution in [0.3, 0.4) is 0 Å². The van der Waals surface area contributed by atoms with E-state index in [9.17, 15) is 0 Å². The molecule has 1 aliphatic rings. The van der Waals surface area contributed by atoms with Crippen molar-refractivity contribution in [3.8, 4) is 11.5 Å². The standard InChI is InChI=1S/C22H23N5O/c1-14(2)21-20-16(15-7-3-4-8-17(15)24-20)10-12-27(21)13-19-25-22(26-28-19)18-9-5-6-11-23-18/h3-9,11,14,21,24H,10,12-13H2,1-2H3/t21-/m1/s1. The van der Waals surface area contributed by atoms with Crippen molar-refractivity contribution in [3.05, 3.63) is 65.8 Å². The lowest BCUT2D eigenvalue weighted by atomic mass is 9.90. The van der Waals surface area contributed by atoms with E-state index in [4.69, 9.17) is 4.52 Å². The quantitative estimate of drug-likeness (QED) is 0.575. The second-order valence-electron chi connectivity index (χ2n) is 7.70. The highest BCUT2D eigenvalue weighted by molar-refractivity contribution is 5.85. The van der Waals surface area contributed by atoms with E-state index in [2.05, 4.69) is 63.1 Å². The number of hydrogen-bond donors (Lipinski definition) is 1. The number of nitrogens with one attached hydrogen (secondary N) is 1. The van der Waals surface area contributed by atoms with E-state index in [0.717, 1.165) is 18.7 Å². The van der Waals surface area contributed by atoms with E-state index in [1.165, 1.54) is 22.2 Å². The maximum absolute atomic E-state index is 5.54. The molecule has 4 heterocycles. The lowest BCUT2D eigenvalue weighted by Gasteiger charge is -2.37. The maximum atomic E-state index is 5.54. The van der Waals surface area contributed by atoms with Crippen molar-refractivity contribution in [2.45, 2.75) is 32.9 Å². The second-order valence-corrected chi connectivity index (χ2v) is 7.70. The first kappa shape index (κ1) is 17.1. The topological polar surface area (TPSA) is 70.8 Å². The monoisotopic (exact) mass is 373 g/mol. The summed E-state index contributed by atoms with van der Waals surface area (Å²) < 4.78 is 5.54. The van der Waals surface area contributed by atoms with Crippen molar-refractivity contribution < 1.29 is 4.52 Å². The highest BCUT2D eigenvalue weighted by Gasteiger charge is 2.33. The van der Waals surface area contributed by atoms with Crippen molar-refractivity contribution in [1.82, 2.24) is 25.0 Å². The normalized spacial score (nSPS) is 17.3. The summed E-state index contributed by atoms with van der Waals surface area (Å²) in [5.41, 5.74) is 4.72. The molecule has 0 fully saturated rings. The largest absolute Gasteiger partial charge is 0.357 e. The molecule has 142 valence electrons. The molecule has 0 spiro atoms. The van der Waals surface area contributed by atoms with Crippen molar-refractivity contribution in [2.75, 3.05) is 6.54 Å². The summed E-state index contributed by atoms with van der Waals surface area (Å²) in [6.07, 6.45) is 2.76. The Labute approximate surface area is 163 Å². The fourth-order valence-electron chi connectivity index (χ4n) is 4.34. The number of hydrogen-bond acceptors (Lipinski definition) is 5. The maximum Gasteiger partial charge on any atom is 0.241 e.